The summed E-state index contributed by atoms with van der Waals surface area (Å²) in [5.41, 5.74) is 5.80. The minimum absolute atomic E-state index is 0.317. The van der Waals surface area contributed by atoms with Crippen LogP contribution in [0.15, 0.2) is 0 Å². The summed E-state index contributed by atoms with van der Waals surface area (Å²) in [6, 6.07) is 0.913. The predicted octanol–water partition coefficient (Wildman–Crippen LogP) is 0.381. The van der Waals surface area contributed by atoms with Crippen LogP contribution in [0.5, 0.6) is 0 Å². The molecule has 0 spiro atoms. The van der Waals surface area contributed by atoms with Crippen molar-refractivity contribution in [3.05, 3.63) is 0 Å². The molecule has 1 rings (SSSR count). The van der Waals surface area contributed by atoms with Crippen molar-refractivity contribution in [3.8, 4) is 0 Å². The molecule has 0 radical (unpaired) electrons. The summed E-state index contributed by atoms with van der Waals surface area (Å²) >= 11 is 2.01. The lowest BCUT2D eigenvalue weighted by atomic mass is 10.1. The van der Waals surface area contributed by atoms with E-state index in [0.717, 1.165) is 0 Å². The molecular formula is C7H16N2S. The second kappa shape index (κ2) is 3.60. The maximum atomic E-state index is 5.80. The molecule has 0 aromatic rings. The summed E-state index contributed by atoms with van der Waals surface area (Å²) in [4.78, 5) is 2.36. The third-order valence-electron chi connectivity index (χ3n) is 2.05. The fourth-order valence-corrected chi connectivity index (χ4v) is 2.64. The number of thioether (sulfide) groups is 1. The Morgan fingerprint density at radius 3 is 2.80 bits per heavy atom. The van der Waals surface area contributed by atoms with E-state index in [1.54, 1.807) is 0 Å². The minimum atomic E-state index is 0.317. The van der Waals surface area contributed by atoms with E-state index in [-0.39, 0.29) is 0 Å². The Kier molecular flexibility index (Phi) is 3.01. The maximum absolute atomic E-state index is 5.80. The zero-order chi connectivity index (χ0) is 7.56. The fraction of sp³-hybridized carbons (Fsp3) is 1.00. The van der Waals surface area contributed by atoms with Gasteiger partial charge in [0.2, 0.25) is 0 Å². The Bertz CT molecular complexity index is 106. The third kappa shape index (κ3) is 1.87. The molecule has 0 aromatic carbocycles. The van der Waals surface area contributed by atoms with E-state index in [2.05, 4.69) is 18.9 Å². The standard InChI is InChI=1S/C7H16N2S/c1-6(8)7-5-10-4-3-9(7)2/h6-7H,3-5,8H2,1-2H3/t6-,7?/m0/s1. The summed E-state index contributed by atoms with van der Waals surface area (Å²) in [6.07, 6.45) is 0. The van der Waals surface area contributed by atoms with Crippen molar-refractivity contribution in [2.24, 2.45) is 5.73 Å². The maximum Gasteiger partial charge on any atom is 0.0332 e. The van der Waals surface area contributed by atoms with Crippen molar-refractivity contribution < 1.29 is 0 Å². The van der Waals surface area contributed by atoms with Crippen LogP contribution in [-0.4, -0.2) is 42.1 Å². The first-order chi connectivity index (χ1) is 4.72. The molecule has 2 nitrogen and oxygen atoms in total. The molecule has 1 fully saturated rings. The Morgan fingerprint density at radius 1 is 1.70 bits per heavy atom. The summed E-state index contributed by atoms with van der Waals surface area (Å²) in [5, 5.41) is 0. The van der Waals surface area contributed by atoms with Crippen molar-refractivity contribution in [3.63, 3.8) is 0 Å². The molecule has 1 aliphatic rings. The molecule has 1 unspecified atom stereocenters. The number of likely N-dealkylation sites (N-methyl/N-ethyl adjacent to an activating group) is 1. The predicted molar refractivity (Wildman–Crippen MR) is 47.4 cm³/mol. The SMILES string of the molecule is C[C@H](N)C1CSCCN1C. The Balaban J connectivity index is 2.40. The number of hydrogen-bond donors (Lipinski definition) is 1. The number of nitrogens with zero attached hydrogens (tertiary/aromatic N) is 1. The summed E-state index contributed by atoms with van der Waals surface area (Å²) < 4.78 is 0. The summed E-state index contributed by atoms with van der Waals surface area (Å²) in [6.45, 7) is 3.28. The lowest BCUT2D eigenvalue weighted by Crippen LogP contribution is -2.49. The van der Waals surface area contributed by atoms with Gasteiger partial charge < -0.3 is 10.6 Å². The second-order valence-corrected chi connectivity index (χ2v) is 4.13. The molecule has 1 heterocycles. The van der Waals surface area contributed by atoms with E-state index >= 15 is 0 Å². The van der Waals surface area contributed by atoms with Gasteiger partial charge in [0.15, 0.2) is 0 Å². The Hall–Kier alpha value is 0.270. The quantitative estimate of drug-likeness (QED) is 0.601. The van der Waals surface area contributed by atoms with Crippen molar-refractivity contribution in [2.45, 2.75) is 19.0 Å². The molecule has 10 heavy (non-hydrogen) atoms. The van der Waals surface area contributed by atoms with Crippen LogP contribution in [0.3, 0.4) is 0 Å². The summed E-state index contributed by atoms with van der Waals surface area (Å²) in [7, 11) is 2.16. The van der Waals surface area contributed by atoms with Crippen LogP contribution in [0.1, 0.15) is 6.92 Å². The number of hydrogen-bond acceptors (Lipinski definition) is 3. The van der Waals surface area contributed by atoms with E-state index in [1.165, 1.54) is 18.1 Å². The number of nitrogens with two attached hydrogens (primary N) is 1. The van der Waals surface area contributed by atoms with Crippen LogP contribution in [0.4, 0.5) is 0 Å². The molecule has 1 aliphatic heterocycles. The van der Waals surface area contributed by atoms with Gasteiger partial charge in [0, 0.05) is 30.1 Å². The van der Waals surface area contributed by atoms with E-state index in [1.807, 2.05) is 11.8 Å². The normalized spacial score (nSPS) is 32.1. The van der Waals surface area contributed by atoms with E-state index < -0.39 is 0 Å². The van der Waals surface area contributed by atoms with Crippen LogP contribution >= 0.6 is 11.8 Å². The van der Waals surface area contributed by atoms with Crippen LogP contribution in [-0.2, 0) is 0 Å². The van der Waals surface area contributed by atoms with Gasteiger partial charge in [-0.1, -0.05) is 0 Å². The van der Waals surface area contributed by atoms with Crippen molar-refractivity contribution in [1.82, 2.24) is 4.90 Å². The molecular weight excluding hydrogens is 144 g/mol. The van der Waals surface area contributed by atoms with Crippen LogP contribution in [0.25, 0.3) is 0 Å². The first kappa shape index (κ1) is 8.37. The van der Waals surface area contributed by atoms with Crippen LogP contribution in [0, 0.1) is 0 Å². The monoisotopic (exact) mass is 160 g/mol. The molecule has 0 aliphatic carbocycles. The van der Waals surface area contributed by atoms with Gasteiger partial charge in [-0.25, -0.2) is 0 Å². The van der Waals surface area contributed by atoms with Gasteiger partial charge in [-0.15, -0.1) is 0 Å². The molecule has 1 saturated heterocycles. The van der Waals surface area contributed by atoms with Gasteiger partial charge in [-0.2, -0.15) is 11.8 Å². The molecule has 2 atom stereocenters. The van der Waals surface area contributed by atoms with E-state index in [9.17, 15) is 0 Å². The molecule has 2 N–H and O–H groups in total. The average Bonchev–Trinajstić information content (AvgIpc) is 1.88. The highest BCUT2D eigenvalue weighted by molar-refractivity contribution is 7.99. The first-order valence-electron chi connectivity index (χ1n) is 3.75. The largest absolute Gasteiger partial charge is 0.327 e. The fourth-order valence-electron chi connectivity index (χ4n) is 1.26. The van der Waals surface area contributed by atoms with Gasteiger partial charge in [0.05, 0.1) is 0 Å². The number of rotatable bonds is 1. The lowest BCUT2D eigenvalue weighted by Gasteiger charge is -2.34. The highest BCUT2D eigenvalue weighted by atomic mass is 32.2. The third-order valence-corrected chi connectivity index (χ3v) is 3.10. The summed E-state index contributed by atoms with van der Waals surface area (Å²) in [5.74, 6) is 2.47. The van der Waals surface area contributed by atoms with Gasteiger partial charge >= 0.3 is 0 Å². The van der Waals surface area contributed by atoms with E-state index in [4.69, 9.17) is 5.73 Å². The highest BCUT2D eigenvalue weighted by Gasteiger charge is 2.21. The molecule has 3 heteroatoms. The van der Waals surface area contributed by atoms with Crippen molar-refractivity contribution in [1.29, 1.82) is 0 Å². The Labute approximate surface area is 67.1 Å². The van der Waals surface area contributed by atoms with E-state index in [0.29, 0.717) is 12.1 Å². The molecule has 60 valence electrons. The second-order valence-electron chi connectivity index (χ2n) is 2.98. The van der Waals surface area contributed by atoms with Gasteiger partial charge in [-0.3, -0.25) is 0 Å². The average molecular weight is 160 g/mol. The zero-order valence-electron chi connectivity index (χ0n) is 6.71. The van der Waals surface area contributed by atoms with Crippen molar-refractivity contribution >= 4 is 11.8 Å². The first-order valence-corrected chi connectivity index (χ1v) is 4.91. The Morgan fingerprint density at radius 2 is 2.40 bits per heavy atom. The minimum Gasteiger partial charge on any atom is -0.327 e. The van der Waals surface area contributed by atoms with Gasteiger partial charge in [-0.05, 0) is 14.0 Å². The van der Waals surface area contributed by atoms with Crippen LogP contribution in [0.2, 0.25) is 0 Å². The zero-order valence-corrected chi connectivity index (χ0v) is 7.53. The highest BCUT2D eigenvalue weighted by Crippen LogP contribution is 2.15. The molecule has 0 amide bonds. The topological polar surface area (TPSA) is 29.3 Å². The van der Waals surface area contributed by atoms with Gasteiger partial charge in [0.25, 0.3) is 0 Å². The van der Waals surface area contributed by atoms with Gasteiger partial charge in [0.1, 0.15) is 0 Å². The molecule has 0 aromatic heterocycles. The van der Waals surface area contributed by atoms with Crippen LogP contribution < -0.4 is 5.73 Å². The lowest BCUT2D eigenvalue weighted by molar-refractivity contribution is 0.243. The molecule has 0 saturated carbocycles. The smallest absolute Gasteiger partial charge is 0.0332 e. The molecule has 0 bridgehead atoms. The van der Waals surface area contributed by atoms with Crippen molar-refractivity contribution in [2.75, 3.05) is 25.1 Å².